The molecule has 3 rings (SSSR count). The maximum atomic E-state index is 6.34. The average Bonchev–Trinajstić information content (AvgIpc) is 3.26. The van der Waals surface area contributed by atoms with Crippen LogP contribution < -0.4 is 20.1 Å². The number of hydrogen-bond donors (Lipinski definition) is 2. The Morgan fingerprint density at radius 1 is 1.16 bits per heavy atom. The zero-order valence-corrected chi connectivity index (χ0v) is 19.7. The van der Waals surface area contributed by atoms with Gasteiger partial charge in [-0.05, 0) is 52.0 Å². The largest absolute Gasteiger partial charge is 0.493 e. The molecule has 7 nitrogen and oxygen atoms in total. The molecule has 1 aromatic rings. The molecule has 2 N–H and O–H groups in total. The minimum atomic E-state index is 0.290. The average molecular weight is 433 g/mol. The standard InChI is InChI=1S/C24H40N4O3/c1-18-16-28(17-19(2)30-18)14-8-13-26-24(25-3)27-15-20-9-7-12-22(29-4)23(20)31-21-10-5-6-11-21/h7,9,12,18-19,21H,5-6,8,10-11,13-17H2,1-4H3,(H2,25,26,27). The molecule has 1 heterocycles. The Kier molecular flexibility index (Phi) is 9.28. The first-order valence-electron chi connectivity index (χ1n) is 11.7. The van der Waals surface area contributed by atoms with E-state index >= 15 is 0 Å². The maximum Gasteiger partial charge on any atom is 0.191 e. The lowest BCUT2D eigenvalue weighted by Crippen LogP contribution is -2.46. The summed E-state index contributed by atoms with van der Waals surface area (Å²) in [4.78, 5) is 6.86. The predicted octanol–water partition coefficient (Wildman–Crippen LogP) is 3.18. The number of nitrogens with zero attached hydrogens (tertiary/aromatic N) is 2. The van der Waals surface area contributed by atoms with Crippen molar-refractivity contribution in [2.24, 2.45) is 4.99 Å². The number of ether oxygens (including phenoxy) is 3. The van der Waals surface area contributed by atoms with E-state index in [1.54, 1.807) is 7.11 Å². The Bertz CT molecular complexity index is 696. The highest BCUT2D eigenvalue weighted by Crippen LogP contribution is 2.34. The van der Waals surface area contributed by atoms with Crippen LogP contribution in [0.1, 0.15) is 51.5 Å². The summed E-state index contributed by atoms with van der Waals surface area (Å²) >= 11 is 0. The summed E-state index contributed by atoms with van der Waals surface area (Å²) in [5.74, 6) is 2.46. The SMILES string of the molecule is CN=C(NCCCN1CC(C)OC(C)C1)NCc1cccc(OC)c1OC1CCCC1. The van der Waals surface area contributed by atoms with Gasteiger partial charge in [-0.3, -0.25) is 9.89 Å². The molecule has 2 fully saturated rings. The third-order valence-electron chi connectivity index (χ3n) is 5.98. The molecule has 0 amide bonds. The first-order chi connectivity index (χ1) is 15.1. The maximum absolute atomic E-state index is 6.34. The molecule has 7 heteroatoms. The van der Waals surface area contributed by atoms with Crippen molar-refractivity contribution in [1.82, 2.24) is 15.5 Å². The van der Waals surface area contributed by atoms with E-state index in [2.05, 4.69) is 40.4 Å². The van der Waals surface area contributed by atoms with Gasteiger partial charge in [-0.2, -0.15) is 0 Å². The molecule has 0 radical (unpaired) electrons. The molecule has 0 aromatic heterocycles. The van der Waals surface area contributed by atoms with E-state index in [1.165, 1.54) is 12.8 Å². The van der Waals surface area contributed by atoms with Crippen LogP contribution in [0.5, 0.6) is 11.5 Å². The number of nitrogens with one attached hydrogen (secondary N) is 2. The fourth-order valence-electron chi connectivity index (χ4n) is 4.54. The van der Waals surface area contributed by atoms with Crippen molar-refractivity contribution < 1.29 is 14.2 Å². The molecule has 2 aliphatic rings. The fraction of sp³-hybridized carbons (Fsp3) is 0.708. The second-order valence-corrected chi connectivity index (χ2v) is 8.70. The van der Waals surface area contributed by atoms with Gasteiger partial charge in [0.25, 0.3) is 0 Å². The minimum Gasteiger partial charge on any atom is -0.493 e. The van der Waals surface area contributed by atoms with Crippen molar-refractivity contribution in [1.29, 1.82) is 0 Å². The van der Waals surface area contributed by atoms with E-state index in [9.17, 15) is 0 Å². The number of rotatable bonds is 9. The lowest BCUT2D eigenvalue weighted by atomic mass is 10.1. The van der Waals surface area contributed by atoms with Crippen LogP contribution in [0.3, 0.4) is 0 Å². The van der Waals surface area contributed by atoms with Crippen LogP contribution in [-0.4, -0.2) is 69.5 Å². The van der Waals surface area contributed by atoms with Gasteiger partial charge in [0, 0.05) is 45.3 Å². The van der Waals surface area contributed by atoms with E-state index in [1.807, 2.05) is 19.2 Å². The summed E-state index contributed by atoms with van der Waals surface area (Å²) in [5.41, 5.74) is 1.09. The van der Waals surface area contributed by atoms with Crippen molar-refractivity contribution in [3.63, 3.8) is 0 Å². The van der Waals surface area contributed by atoms with E-state index in [-0.39, 0.29) is 6.10 Å². The second-order valence-electron chi connectivity index (χ2n) is 8.70. The normalized spacial score (nSPS) is 23.0. The second kappa shape index (κ2) is 12.2. The van der Waals surface area contributed by atoms with Crippen molar-refractivity contribution >= 4 is 5.96 Å². The van der Waals surface area contributed by atoms with E-state index in [0.717, 1.165) is 68.5 Å². The first-order valence-corrected chi connectivity index (χ1v) is 11.7. The van der Waals surface area contributed by atoms with Crippen LogP contribution >= 0.6 is 0 Å². The molecule has 1 aromatic carbocycles. The minimum absolute atomic E-state index is 0.290. The quantitative estimate of drug-likeness (QED) is 0.355. The summed E-state index contributed by atoms with van der Waals surface area (Å²) in [6.45, 7) is 8.90. The van der Waals surface area contributed by atoms with Crippen LogP contribution in [-0.2, 0) is 11.3 Å². The molecule has 1 saturated heterocycles. The van der Waals surface area contributed by atoms with Gasteiger partial charge in [0.05, 0.1) is 25.4 Å². The summed E-state index contributed by atoms with van der Waals surface area (Å²) in [6.07, 6.45) is 6.71. The molecular formula is C24H40N4O3. The van der Waals surface area contributed by atoms with Crippen molar-refractivity contribution in [2.45, 2.75) is 70.8 Å². The fourth-order valence-corrected chi connectivity index (χ4v) is 4.54. The van der Waals surface area contributed by atoms with Gasteiger partial charge in [-0.25, -0.2) is 0 Å². The van der Waals surface area contributed by atoms with Crippen molar-refractivity contribution in [3.8, 4) is 11.5 Å². The highest BCUT2D eigenvalue weighted by atomic mass is 16.5. The molecule has 174 valence electrons. The summed E-state index contributed by atoms with van der Waals surface area (Å²) in [7, 11) is 3.51. The Balaban J connectivity index is 1.46. The van der Waals surface area contributed by atoms with Gasteiger partial charge < -0.3 is 24.8 Å². The van der Waals surface area contributed by atoms with Crippen LogP contribution in [0.15, 0.2) is 23.2 Å². The Hall–Kier alpha value is -1.99. The number of benzene rings is 1. The molecule has 2 atom stereocenters. The molecule has 2 unspecified atom stereocenters. The van der Waals surface area contributed by atoms with Gasteiger partial charge in [0.2, 0.25) is 0 Å². The Morgan fingerprint density at radius 3 is 2.58 bits per heavy atom. The van der Waals surface area contributed by atoms with E-state index in [0.29, 0.717) is 18.8 Å². The summed E-state index contributed by atoms with van der Waals surface area (Å²) in [6, 6.07) is 6.07. The monoisotopic (exact) mass is 432 g/mol. The number of aliphatic imine (C=N–C) groups is 1. The van der Waals surface area contributed by atoms with Crippen LogP contribution in [0.4, 0.5) is 0 Å². The number of morpholine rings is 1. The molecular weight excluding hydrogens is 392 g/mol. The first kappa shape index (κ1) is 23.7. The van der Waals surface area contributed by atoms with Gasteiger partial charge >= 0.3 is 0 Å². The van der Waals surface area contributed by atoms with Crippen LogP contribution in [0, 0.1) is 0 Å². The molecule has 1 saturated carbocycles. The van der Waals surface area contributed by atoms with Crippen LogP contribution in [0.2, 0.25) is 0 Å². The van der Waals surface area contributed by atoms with Crippen LogP contribution in [0.25, 0.3) is 0 Å². The van der Waals surface area contributed by atoms with Crippen molar-refractivity contribution in [3.05, 3.63) is 23.8 Å². The van der Waals surface area contributed by atoms with E-state index < -0.39 is 0 Å². The molecule has 31 heavy (non-hydrogen) atoms. The highest BCUT2D eigenvalue weighted by Gasteiger charge is 2.22. The smallest absolute Gasteiger partial charge is 0.191 e. The van der Waals surface area contributed by atoms with E-state index in [4.69, 9.17) is 14.2 Å². The zero-order valence-electron chi connectivity index (χ0n) is 19.7. The third-order valence-corrected chi connectivity index (χ3v) is 5.98. The number of methoxy groups -OCH3 is 1. The van der Waals surface area contributed by atoms with Gasteiger partial charge in [-0.1, -0.05) is 12.1 Å². The topological polar surface area (TPSA) is 67.4 Å². The molecule has 1 aliphatic heterocycles. The zero-order chi connectivity index (χ0) is 22.1. The Labute approximate surface area is 187 Å². The van der Waals surface area contributed by atoms with Gasteiger partial charge in [0.1, 0.15) is 0 Å². The Morgan fingerprint density at radius 2 is 1.90 bits per heavy atom. The number of para-hydroxylation sites is 1. The van der Waals surface area contributed by atoms with Gasteiger partial charge in [0.15, 0.2) is 17.5 Å². The lowest BCUT2D eigenvalue weighted by molar-refractivity contribution is -0.0679. The highest BCUT2D eigenvalue weighted by molar-refractivity contribution is 5.79. The predicted molar refractivity (Wildman–Crippen MR) is 125 cm³/mol. The molecule has 0 bridgehead atoms. The number of guanidine groups is 1. The molecule has 0 spiro atoms. The van der Waals surface area contributed by atoms with Gasteiger partial charge in [-0.15, -0.1) is 0 Å². The summed E-state index contributed by atoms with van der Waals surface area (Å²) in [5, 5.41) is 6.86. The lowest BCUT2D eigenvalue weighted by Gasteiger charge is -2.35. The summed E-state index contributed by atoms with van der Waals surface area (Å²) < 4.78 is 17.7. The molecule has 1 aliphatic carbocycles. The van der Waals surface area contributed by atoms with Crippen molar-refractivity contribution in [2.75, 3.05) is 40.3 Å². The number of hydrogen-bond acceptors (Lipinski definition) is 5. The third kappa shape index (κ3) is 7.28.